The lowest BCUT2D eigenvalue weighted by Crippen LogP contribution is -2.48. The van der Waals surface area contributed by atoms with Crippen LogP contribution in [0, 0.1) is 34.9 Å². The second-order valence-electron chi connectivity index (χ2n) is 29.7. The second kappa shape index (κ2) is 33.1. The summed E-state index contributed by atoms with van der Waals surface area (Å²) in [4.78, 5) is 37.9. The molecular formula is C84H90F9N9O6. The first kappa shape index (κ1) is 80.4. The molecule has 15 nitrogen and oxygen atoms in total. The van der Waals surface area contributed by atoms with E-state index >= 15 is 26.3 Å². The molecule has 9 aromatic rings. The van der Waals surface area contributed by atoms with Crippen LogP contribution in [-0.2, 0) is 53.3 Å². The summed E-state index contributed by atoms with van der Waals surface area (Å²) in [5.41, 5.74) is 5.68. The standard InChI is InChI=1S/3C28H30F3N3O2/c3*1-5-33-15-21(14-32-33)19-7-8-22-20(13-19)10-17(2)34(16-28(3,4)31)27(22)26-23(29)11-18(12-24(26)30)6-9-25(35)36/h3*6-9,11-15,17,27H,5,10,16H2,1-4H3,(H,35,36)/b3*9-6+/t2*17-,27+;/m10./s1. The van der Waals surface area contributed by atoms with Crippen molar-refractivity contribution in [1.29, 1.82) is 0 Å². The van der Waals surface area contributed by atoms with E-state index in [1.165, 1.54) is 41.5 Å². The van der Waals surface area contributed by atoms with Gasteiger partial charge in [-0.1, -0.05) is 54.6 Å². The number of nitrogens with zero attached hydrogens (tertiary/aromatic N) is 9. The van der Waals surface area contributed by atoms with Crippen molar-refractivity contribution in [3.05, 3.63) is 248 Å². The Balaban J connectivity index is 0.000000173. The Bertz CT molecular complexity index is 4340. The van der Waals surface area contributed by atoms with E-state index < -0.39 is 87.9 Å². The van der Waals surface area contributed by atoms with Gasteiger partial charge in [0.05, 0.1) is 36.7 Å². The van der Waals surface area contributed by atoms with Gasteiger partial charge in [0.25, 0.3) is 0 Å². The van der Waals surface area contributed by atoms with E-state index in [1.807, 2.05) is 143 Å². The van der Waals surface area contributed by atoms with Crippen molar-refractivity contribution in [2.45, 2.75) is 175 Å². The third kappa shape index (κ3) is 19.2. The maximum atomic E-state index is 15.5. The Morgan fingerprint density at radius 2 is 0.630 bits per heavy atom. The van der Waals surface area contributed by atoms with Gasteiger partial charge in [-0.3, -0.25) is 28.7 Å². The number of carboxylic acids is 3. The Morgan fingerprint density at radius 1 is 0.398 bits per heavy atom. The van der Waals surface area contributed by atoms with Gasteiger partial charge >= 0.3 is 17.9 Å². The number of benzene rings is 6. The number of halogens is 9. The minimum atomic E-state index is -1.59. The zero-order valence-electron chi connectivity index (χ0n) is 62.4. The molecule has 6 atom stereocenters. The van der Waals surface area contributed by atoms with Crippen LogP contribution < -0.4 is 0 Å². The average Bonchev–Trinajstić information content (AvgIpc) is 0.895. The van der Waals surface area contributed by atoms with E-state index in [2.05, 4.69) is 15.3 Å². The zero-order valence-corrected chi connectivity index (χ0v) is 62.4. The molecule has 2 unspecified atom stereocenters. The fraction of sp³-hybridized carbons (Fsp3) is 0.357. The zero-order chi connectivity index (χ0) is 78.6. The van der Waals surface area contributed by atoms with Gasteiger partial charge in [0.15, 0.2) is 0 Å². The minimum absolute atomic E-state index is 0.0111. The van der Waals surface area contributed by atoms with Gasteiger partial charge in [-0.25, -0.2) is 53.9 Å². The van der Waals surface area contributed by atoms with Crippen molar-refractivity contribution in [1.82, 2.24) is 44.0 Å². The van der Waals surface area contributed by atoms with Crippen LogP contribution in [0.4, 0.5) is 39.5 Å². The van der Waals surface area contributed by atoms with Crippen molar-refractivity contribution in [3.63, 3.8) is 0 Å². The van der Waals surface area contributed by atoms with E-state index in [0.29, 0.717) is 19.3 Å². The first-order valence-corrected chi connectivity index (χ1v) is 35.9. The maximum absolute atomic E-state index is 15.5. The van der Waals surface area contributed by atoms with E-state index in [9.17, 15) is 27.6 Å². The number of hydrogen-bond donors (Lipinski definition) is 3. The van der Waals surface area contributed by atoms with Crippen molar-refractivity contribution >= 4 is 36.1 Å². The minimum Gasteiger partial charge on any atom is -0.478 e. The Kier molecular flexibility index (Phi) is 24.7. The van der Waals surface area contributed by atoms with Gasteiger partial charge < -0.3 is 15.3 Å². The normalized spacial score (nSPS) is 18.5. The number of aromatic nitrogens is 6. The quantitative estimate of drug-likeness (QED) is 0.0459. The highest BCUT2D eigenvalue weighted by Crippen LogP contribution is 2.47. The molecule has 24 heteroatoms. The molecule has 0 fully saturated rings. The summed E-state index contributed by atoms with van der Waals surface area (Å²) in [6.07, 6.45) is 18.9. The van der Waals surface area contributed by atoms with Crippen LogP contribution >= 0.6 is 0 Å². The molecule has 0 aliphatic carbocycles. The fourth-order valence-electron chi connectivity index (χ4n) is 14.7. The number of carboxylic acid groups (broad SMARTS) is 3. The van der Waals surface area contributed by atoms with E-state index in [-0.39, 0.29) is 71.1 Å². The first-order chi connectivity index (χ1) is 50.9. The van der Waals surface area contributed by atoms with Gasteiger partial charge in [-0.2, -0.15) is 15.3 Å². The molecule has 6 aromatic carbocycles. The fourth-order valence-corrected chi connectivity index (χ4v) is 14.7. The van der Waals surface area contributed by atoms with E-state index in [1.54, 1.807) is 18.6 Å². The van der Waals surface area contributed by atoms with Crippen molar-refractivity contribution < 1.29 is 69.2 Å². The number of fused-ring (bicyclic) bond motifs is 3. The van der Waals surface area contributed by atoms with Gasteiger partial charge in [0.1, 0.15) is 51.9 Å². The molecule has 3 aliphatic heterocycles. The van der Waals surface area contributed by atoms with Crippen molar-refractivity contribution in [2.75, 3.05) is 19.6 Å². The van der Waals surface area contributed by atoms with Gasteiger partial charge in [-0.05, 0) is 224 Å². The molecule has 3 N–H and O–H groups in total. The van der Waals surface area contributed by atoms with Gasteiger partial charge in [0, 0.05) is 128 Å². The summed E-state index contributed by atoms with van der Waals surface area (Å²) >= 11 is 0. The first-order valence-electron chi connectivity index (χ1n) is 35.9. The van der Waals surface area contributed by atoms with Crippen LogP contribution in [0.2, 0.25) is 0 Å². The van der Waals surface area contributed by atoms with Crippen LogP contribution in [0.5, 0.6) is 0 Å². The number of aryl methyl sites for hydroxylation is 3. The summed E-state index contributed by atoms with van der Waals surface area (Å²) < 4.78 is 143. The van der Waals surface area contributed by atoms with Crippen molar-refractivity contribution in [2.24, 2.45) is 0 Å². The molecule has 0 amide bonds. The topological polar surface area (TPSA) is 175 Å². The van der Waals surface area contributed by atoms with Gasteiger partial charge in [0.2, 0.25) is 0 Å². The molecule has 6 heterocycles. The van der Waals surface area contributed by atoms with Crippen LogP contribution in [0.1, 0.15) is 168 Å². The molecule has 12 rings (SSSR count). The molecule has 0 saturated carbocycles. The van der Waals surface area contributed by atoms with E-state index in [0.717, 1.165) is 159 Å². The molecule has 3 aromatic heterocycles. The van der Waals surface area contributed by atoms with Crippen LogP contribution in [-0.4, -0.2) is 132 Å². The monoisotopic (exact) mass is 1490 g/mol. The summed E-state index contributed by atoms with van der Waals surface area (Å²) in [7, 11) is 0. The highest BCUT2D eigenvalue weighted by Gasteiger charge is 2.43. The summed E-state index contributed by atoms with van der Waals surface area (Å²) in [6.45, 7) is 22.7. The molecule has 108 heavy (non-hydrogen) atoms. The number of hydrogen-bond acceptors (Lipinski definition) is 9. The van der Waals surface area contributed by atoms with Crippen LogP contribution in [0.15, 0.2) is 146 Å². The van der Waals surface area contributed by atoms with Crippen LogP contribution in [0.3, 0.4) is 0 Å². The molecule has 0 bridgehead atoms. The second-order valence-corrected chi connectivity index (χ2v) is 29.7. The predicted molar refractivity (Wildman–Crippen MR) is 400 cm³/mol. The SMILES string of the molecule is CCn1cc(-c2ccc3c(c2)CC(C)N(CC(C)(C)F)C3c2c(F)cc(/C=C/C(=O)O)cc2F)cn1.CCn1cc(-c2ccc3c(c2)C[C@@H](C)N(CC(C)(C)F)[C@@H]3c2c(F)cc(/C=C/C(=O)O)cc2F)cn1.CCn1cc(-c2ccc3c(c2)C[C@H](C)N(CC(C)(C)F)[C@H]3c2c(F)cc(/C=C/C(=O)O)cc2F)cn1. The molecule has 0 spiro atoms. The number of alkyl halides is 3. The molecular weight excluding hydrogens is 1400 g/mol. The summed E-state index contributed by atoms with van der Waals surface area (Å²) in [5, 5.41) is 39.6. The highest BCUT2D eigenvalue weighted by atomic mass is 19.2. The third-order valence-electron chi connectivity index (χ3n) is 19.5. The smallest absolute Gasteiger partial charge is 0.328 e. The third-order valence-corrected chi connectivity index (χ3v) is 19.5. The maximum Gasteiger partial charge on any atom is 0.328 e. The Morgan fingerprint density at radius 3 is 0.824 bits per heavy atom. The van der Waals surface area contributed by atoms with E-state index in [4.69, 9.17) is 15.3 Å². The molecule has 0 radical (unpaired) electrons. The summed E-state index contributed by atoms with van der Waals surface area (Å²) in [6, 6.07) is 20.9. The lowest BCUT2D eigenvalue weighted by atomic mass is 9.82. The van der Waals surface area contributed by atoms with Crippen molar-refractivity contribution in [3.8, 4) is 33.4 Å². The molecule has 570 valence electrons. The molecule has 3 aliphatic rings. The number of rotatable bonds is 21. The Hall–Kier alpha value is -10.2. The van der Waals surface area contributed by atoms with Crippen LogP contribution in [0.25, 0.3) is 51.6 Å². The molecule has 0 saturated heterocycles. The lowest BCUT2D eigenvalue weighted by molar-refractivity contribution is -0.132. The number of carbonyl (C=O) groups is 3. The lowest BCUT2D eigenvalue weighted by Gasteiger charge is -2.44. The average molecular weight is 1490 g/mol. The highest BCUT2D eigenvalue weighted by molar-refractivity contribution is 5.86. The summed E-state index contributed by atoms with van der Waals surface area (Å²) in [5.74, 6) is -8.48. The van der Waals surface area contributed by atoms with Gasteiger partial charge in [-0.15, -0.1) is 0 Å². The predicted octanol–water partition coefficient (Wildman–Crippen LogP) is 18.1. The number of aliphatic carboxylic acids is 3. The Labute approximate surface area is 623 Å². The largest absolute Gasteiger partial charge is 0.478 e.